The normalized spacial score (nSPS) is 15.0. The number of ether oxygens (including phenoxy) is 1. The standard InChI is InChI=1S/C21H17F3N6O3/c22-21(23,24)33-16-7-13(10-25)6-14(8-16)18(29-15-2-1-3-27-11-15)9-17(26)20(32)30-5-4-28-19(31)12-30/h1-3,6-9,11H,4-5,12,26H2,(H,28,31). The lowest BCUT2D eigenvalue weighted by Gasteiger charge is -2.26. The van der Waals surface area contributed by atoms with Gasteiger partial charge < -0.3 is 20.7 Å². The summed E-state index contributed by atoms with van der Waals surface area (Å²) in [5.74, 6) is -1.63. The summed E-state index contributed by atoms with van der Waals surface area (Å²) in [5, 5.41) is 11.8. The van der Waals surface area contributed by atoms with Crippen molar-refractivity contribution in [2.75, 3.05) is 19.6 Å². The third-order valence-corrected chi connectivity index (χ3v) is 4.33. The van der Waals surface area contributed by atoms with Crippen LogP contribution >= 0.6 is 0 Å². The predicted molar refractivity (Wildman–Crippen MR) is 110 cm³/mol. The Hall–Kier alpha value is -4.40. The summed E-state index contributed by atoms with van der Waals surface area (Å²) >= 11 is 0. The van der Waals surface area contributed by atoms with Crippen LogP contribution in [0.2, 0.25) is 0 Å². The summed E-state index contributed by atoms with van der Waals surface area (Å²) < 4.78 is 42.2. The summed E-state index contributed by atoms with van der Waals surface area (Å²) in [4.78, 5) is 33.8. The molecule has 0 spiro atoms. The van der Waals surface area contributed by atoms with Gasteiger partial charge in [0.05, 0.1) is 41.5 Å². The van der Waals surface area contributed by atoms with Crippen molar-refractivity contribution in [3.63, 3.8) is 0 Å². The van der Waals surface area contributed by atoms with Gasteiger partial charge in [0.1, 0.15) is 5.75 Å². The number of aliphatic imine (C=N–C) groups is 1. The van der Waals surface area contributed by atoms with Crippen LogP contribution in [0.25, 0.3) is 0 Å². The maximum absolute atomic E-state index is 12.8. The van der Waals surface area contributed by atoms with Crippen molar-refractivity contribution in [1.82, 2.24) is 15.2 Å². The first-order valence-electron chi connectivity index (χ1n) is 9.48. The number of pyridine rings is 1. The molecule has 0 radical (unpaired) electrons. The molecule has 1 saturated heterocycles. The molecule has 1 aromatic carbocycles. The van der Waals surface area contributed by atoms with Crippen LogP contribution in [-0.4, -0.2) is 53.4 Å². The first kappa shape index (κ1) is 23.3. The molecular weight excluding hydrogens is 441 g/mol. The van der Waals surface area contributed by atoms with Crippen LogP contribution in [0.1, 0.15) is 11.1 Å². The number of hydrogen-bond donors (Lipinski definition) is 2. The van der Waals surface area contributed by atoms with E-state index < -0.39 is 18.0 Å². The highest BCUT2D eigenvalue weighted by Crippen LogP contribution is 2.26. The number of alkyl halides is 3. The lowest BCUT2D eigenvalue weighted by Crippen LogP contribution is -2.51. The van der Waals surface area contributed by atoms with Gasteiger partial charge in [-0.3, -0.25) is 14.6 Å². The number of piperazine rings is 1. The minimum Gasteiger partial charge on any atom is -0.406 e. The second kappa shape index (κ2) is 9.82. The van der Waals surface area contributed by atoms with Gasteiger partial charge in [0, 0.05) is 24.8 Å². The van der Waals surface area contributed by atoms with Gasteiger partial charge in [-0.25, -0.2) is 4.99 Å². The predicted octanol–water partition coefficient (Wildman–Crippen LogP) is 1.77. The van der Waals surface area contributed by atoms with Crippen LogP contribution in [0.4, 0.5) is 18.9 Å². The highest BCUT2D eigenvalue weighted by Gasteiger charge is 2.31. The summed E-state index contributed by atoms with van der Waals surface area (Å²) in [6, 6.07) is 8.14. The number of aromatic nitrogens is 1. The van der Waals surface area contributed by atoms with Gasteiger partial charge in [-0.1, -0.05) is 0 Å². The topological polar surface area (TPSA) is 134 Å². The molecule has 2 aromatic rings. The molecule has 1 fully saturated rings. The highest BCUT2D eigenvalue weighted by atomic mass is 19.4. The Morgan fingerprint density at radius 1 is 1.36 bits per heavy atom. The highest BCUT2D eigenvalue weighted by molar-refractivity contribution is 6.14. The largest absolute Gasteiger partial charge is 0.573 e. The first-order chi connectivity index (χ1) is 15.6. The van der Waals surface area contributed by atoms with E-state index in [9.17, 15) is 28.0 Å². The molecule has 0 saturated carbocycles. The van der Waals surface area contributed by atoms with Crippen molar-refractivity contribution in [1.29, 1.82) is 5.26 Å². The zero-order valence-corrected chi connectivity index (χ0v) is 17.0. The van der Waals surface area contributed by atoms with Gasteiger partial charge in [-0.15, -0.1) is 13.2 Å². The minimum absolute atomic E-state index is 0.0144. The summed E-state index contributed by atoms with van der Waals surface area (Å²) in [6.45, 7) is 0.314. The van der Waals surface area contributed by atoms with E-state index in [1.54, 1.807) is 18.2 Å². The third-order valence-electron chi connectivity index (χ3n) is 4.33. The Kier molecular flexibility index (Phi) is 6.92. The molecular formula is C21H17F3N6O3. The molecule has 0 bridgehead atoms. The van der Waals surface area contributed by atoms with Crippen LogP contribution < -0.4 is 15.8 Å². The second-order valence-electron chi connectivity index (χ2n) is 6.79. The first-order valence-corrected chi connectivity index (χ1v) is 9.48. The molecule has 1 aliphatic heterocycles. The van der Waals surface area contributed by atoms with Crippen LogP contribution in [-0.2, 0) is 9.59 Å². The molecule has 1 aromatic heterocycles. The molecule has 33 heavy (non-hydrogen) atoms. The monoisotopic (exact) mass is 458 g/mol. The van der Waals surface area contributed by atoms with Crippen molar-refractivity contribution in [3.05, 3.63) is 65.6 Å². The number of nitrogens with two attached hydrogens (primary N) is 1. The van der Waals surface area contributed by atoms with Gasteiger partial charge in [0.15, 0.2) is 0 Å². The van der Waals surface area contributed by atoms with Crippen molar-refractivity contribution in [3.8, 4) is 11.8 Å². The molecule has 9 nitrogen and oxygen atoms in total. The molecule has 2 heterocycles. The maximum atomic E-state index is 12.8. The van der Waals surface area contributed by atoms with E-state index in [1.807, 2.05) is 0 Å². The number of nitrogens with one attached hydrogen (secondary N) is 1. The number of amides is 2. The SMILES string of the molecule is N#Cc1cc(OC(F)(F)F)cc(C(C=C(N)C(=O)N2CCNC(=O)C2)=Nc2cccnc2)c1. The molecule has 0 atom stereocenters. The fourth-order valence-corrected chi connectivity index (χ4v) is 2.95. The summed E-state index contributed by atoms with van der Waals surface area (Å²) in [5.41, 5.74) is 5.89. The lowest BCUT2D eigenvalue weighted by atomic mass is 10.0. The zero-order chi connectivity index (χ0) is 24.0. The number of nitriles is 1. The van der Waals surface area contributed by atoms with E-state index in [4.69, 9.17) is 5.73 Å². The second-order valence-corrected chi connectivity index (χ2v) is 6.79. The lowest BCUT2D eigenvalue weighted by molar-refractivity contribution is -0.274. The van der Waals surface area contributed by atoms with Gasteiger partial charge in [-0.2, -0.15) is 5.26 Å². The van der Waals surface area contributed by atoms with E-state index in [0.29, 0.717) is 5.69 Å². The van der Waals surface area contributed by atoms with E-state index >= 15 is 0 Å². The van der Waals surface area contributed by atoms with E-state index in [0.717, 1.165) is 18.2 Å². The number of allylic oxidation sites excluding steroid dienone is 1. The third kappa shape index (κ3) is 6.54. The molecule has 2 amide bonds. The van der Waals surface area contributed by atoms with Crippen LogP contribution in [0.15, 0.2) is 59.5 Å². The van der Waals surface area contributed by atoms with Gasteiger partial charge in [-0.05, 0) is 36.4 Å². The molecule has 12 heteroatoms. The number of carbonyl (C=O) groups is 2. The maximum Gasteiger partial charge on any atom is 0.573 e. The molecule has 3 N–H and O–H groups in total. The van der Waals surface area contributed by atoms with Crippen molar-refractivity contribution in [2.45, 2.75) is 6.36 Å². The van der Waals surface area contributed by atoms with Crippen LogP contribution in [0.5, 0.6) is 5.75 Å². The number of nitrogens with zero attached hydrogens (tertiary/aromatic N) is 4. The molecule has 0 aliphatic carbocycles. The van der Waals surface area contributed by atoms with Gasteiger partial charge in [0.25, 0.3) is 5.91 Å². The van der Waals surface area contributed by atoms with E-state index in [-0.39, 0.29) is 48.1 Å². The Morgan fingerprint density at radius 3 is 2.79 bits per heavy atom. The molecule has 1 aliphatic rings. The summed E-state index contributed by atoms with van der Waals surface area (Å²) in [7, 11) is 0. The molecule has 170 valence electrons. The van der Waals surface area contributed by atoms with Crippen molar-refractivity contribution < 1.29 is 27.5 Å². The number of carbonyl (C=O) groups excluding carboxylic acids is 2. The van der Waals surface area contributed by atoms with Crippen molar-refractivity contribution >= 4 is 23.2 Å². The fourth-order valence-electron chi connectivity index (χ4n) is 2.95. The smallest absolute Gasteiger partial charge is 0.406 e. The Bertz CT molecular complexity index is 1160. The average Bonchev–Trinajstić information content (AvgIpc) is 2.77. The average molecular weight is 458 g/mol. The number of rotatable bonds is 5. The fraction of sp³-hybridized carbons (Fsp3) is 0.190. The van der Waals surface area contributed by atoms with Crippen molar-refractivity contribution in [2.24, 2.45) is 10.7 Å². The summed E-state index contributed by atoms with van der Waals surface area (Å²) in [6.07, 6.45) is -0.928. The van der Waals surface area contributed by atoms with E-state index in [1.165, 1.54) is 23.4 Å². The zero-order valence-electron chi connectivity index (χ0n) is 17.0. The Labute approximate surface area is 186 Å². The Balaban J connectivity index is 2.06. The van der Waals surface area contributed by atoms with Crippen LogP contribution in [0.3, 0.4) is 0 Å². The molecule has 0 unspecified atom stereocenters. The number of benzene rings is 1. The van der Waals surface area contributed by atoms with Crippen LogP contribution in [0, 0.1) is 11.3 Å². The van der Waals surface area contributed by atoms with E-state index in [2.05, 4.69) is 20.0 Å². The number of halogens is 3. The number of hydrogen-bond acceptors (Lipinski definition) is 7. The quantitative estimate of drug-likeness (QED) is 0.518. The Morgan fingerprint density at radius 2 is 2.15 bits per heavy atom. The van der Waals surface area contributed by atoms with Gasteiger partial charge >= 0.3 is 6.36 Å². The minimum atomic E-state index is -4.98. The van der Waals surface area contributed by atoms with Gasteiger partial charge in [0.2, 0.25) is 5.91 Å². The molecule has 3 rings (SSSR count).